The van der Waals surface area contributed by atoms with Crippen LogP contribution in [0.25, 0.3) is 0 Å². The first-order valence-electron chi connectivity index (χ1n) is 10.5. The van der Waals surface area contributed by atoms with Crippen molar-refractivity contribution < 1.29 is 48.8 Å². The summed E-state index contributed by atoms with van der Waals surface area (Å²) >= 11 is 0. The number of aliphatic hydroxyl groups is 2. The van der Waals surface area contributed by atoms with Crippen molar-refractivity contribution in [3.63, 3.8) is 0 Å². The largest absolute Gasteiger partial charge is 0.481 e. The third kappa shape index (κ3) is 8.49. The molecule has 0 aromatic rings. The molecule has 4 amide bonds. The molecule has 4 unspecified atom stereocenters. The lowest BCUT2D eigenvalue weighted by Gasteiger charge is -2.43. The number of carbonyl (C=O) groups is 5. The molecule has 1 rings (SSSR count). The van der Waals surface area contributed by atoms with Gasteiger partial charge < -0.3 is 52.2 Å². The molecular weight excluding hydrogens is 458 g/mol. The number of nitrogens with one attached hydrogen (secondary N) is 3. The molecule has 15 heteroatoms. The molecule has 0 aromatic heterocycles. The van der Waals surface area contributed by atoms with E-state index in [0.717, 1.165) is 0 Å². The van der Waals surface area contributed by atoms with Crippen molar-refractivity contribution in [3.8, 4) is 0 Å². The summed E-state index contributed by atoms with van der Waals surface area (Å²) < 4.78 is 10.8. The number of aliphatic hydroxyl groups excluding tert-OH is 2. The molecule has 0 aliphatic carbocycles. The van der Waals surface area contributed by atoms with E-state index < -0.39 is 84.9 Å². The van der Waals surface area contributed by atoms with E-state index in [1.807, 2.05) is 0 Å². The molecule has 10 N–H and O–H groups in total. The smallest absolute Gasteiger partial charge is 0.303 e. The first kappa shape index (κ1) is 29.2. The Morgan fingerprint density at radius 3 is 2.21 bits per heavy atom. The Bertz CT molecular complexity index is 766. The summed E-state index contributed by atoms with van der Waals surface area (Å²) in [6.07, 6.45) is -7.17. The lowest BCUT2D eigenvalue weighted by Crippen LogP contribution is -2.66. The fraction of sp³-hybridized carbons (Fsp3) is 0.737. The van der Waals surface area contributed by atoms with Crippen molar-refractivity contribution in [3.05, 3.63) is 0 Å². The van der Waals surface area contributed by atoms with E-state index in [4.69, 9.17) is 26.0 Å². The lowest BCUT2D eigenvalue weighted by molar-refractivity contribution is -0.258. The number of aliphatic carboxylic acids is 1. The number of carboxylic acids is 1. The molecule has 0 spiro atoms. The maximum absolute atomic E-state index is 12.6. The number of hydrogen-bond donors (Lipinski definition) is 8. The maximum atomic E-state index is 12.6. The topological polar surface area (TPSA) is 253 Å². The van der Waals surface area contributed by atoms with Crippen molar-refractivity contribution in [1.82, 2.24) is 16.0 Å². The SMILES string of the molecule is CC(=O)NC1C(O[C@H](C)C(=O)N[C@@H](C)C(=O)N[C@H](CCC(=O)O)C(N)=O)C(O)C(CN)O[C@H]1O. The Labute approximate surface area is 195 Å². The Morgan fingerprint density at radius 2 is 1.71 bits per heavy atom. The summed E-state index contributed by atoms with van der Waals surface area (Å²) in [5, 5.41) is 36.4. The highest BCUT2D eigenvalue weighted by atomic mass is 16.6. The number of carboxylic acid groups (broad SMARTS) is 1. The summed E-state index contributed by atoms with van der Waals surface area (Å²) in [5.41, 5.74) is 10.7. The van der Waals surface area contributed by atoms with Crippen molar-refractivity contribution in [2.45, 2.75) is 82.4 Å². The average molecular weight is 491 g/mol. The van der Waals surface area contributed by atoms with Gasteiger partial charge in [-0.2, -0.15) is 0 Å². The monoisotopic (exact) mass is 491 g/mol. The summed E-state index contributed by atoms with van der Waals surface area (Å²) in [6.45, 7) is 3.63. The summed E-state index contributed by atoms with van der Waals surface area (Å²) in [5.74, 6) is -4.24. The molecule has 1 saturated heterocycles. The van der Waals surface area contributed by atoms with Gasteiger partial charge in [0, 0.05) is 19.9 Å². The van der Waals surface area contributed by atoms with Crippen molar-refractivity contribution in [2.24, 2.45) is 11.5 Å². The second-order valence-electron chi connectivity index (χ2n) is 7.89. The summed E-state index contributed by atoms with van der Waals surface area (Å²) in [7, 11) is 0. The van der Waals surface area contributed by atoms with E-state index in [0.29, 0.717) is 0 Å². The van der Waals surface area contributed by atoms with Crippen LogP contribution in [0.2, 0.25) is 0 Å². The van der Waals surface area contributed by atoms with Gasteiger partial charge in [-0.25, -0.2) is 0 Å². The van der Waals surface area contributed by atoms with Crippen LogP contribution in [-0.2, 0) is 33.4 Å². The van der Waals surface area contributed by atoms with Gasteiger partial charge in [-0.05, 0) is 20.3 Å². The Kier molecular flexibility index (Phi) is 11.3. The number of primary amides is 1. The Hall–Kier alpha value is -2.85. The molecule has 1 aliphatic rings. The first-order chi connectivity index (χ1) is 15.8. The molecule has 194 valence electrons. The van der Waals surface area contributed by atoms with Gasteiger partial charge in [-0.3, -0.25) is 24.0 Å². The quantitative estimate of drug-likeness (QED) is 0.129. The predicted molar refractivity (Wildman–Crippen MR) is 113 cm³/mol. The van der Waals surface area contributed by atoms with Gasteiger partial charge in [0.1, 0.15) is 42.5 Å². The van der Waals surface area contributed by atoms with Gasteiger partial charge in [-0.15, -0.1) is 0 Å². The van der Waals surface area contributed by atoms with Gasteiger partial charge in [0.15, 0.2) is 6.29 Å². The van der Waals surface area contributed by atoms with Gasteiger partial charge in [0.25, 0.3) is 0 Å². The fourth-order valence-electron chi connectivity index (χ4n) is 3.22. The maximum Gasteiger partial charge on any atom is 0.303 e. The second kappa shape index (κ2) is 13.1. The highest BCUT2D eigenvalue weighted by Gasteiger charge is 2.46. The minimum atomic E-state index is -1.57. The number of hydrogen-bond acceptors (Lipinski definition) is 10. The molecule has 1 heterocycles. The average Bonchev–Trinajstić information content (AvgIpc) is 2.74. The van der Waals surface area contributed by atoms with Gasteiger partial charge >= 0.3 is 5.97 Å². The lowest BCUT2D eigenvalue weighted by atomic mass is 9.96. The minimum Gasteiger partial charge on any atom is -0.481 e. The van der Waals surface area contributed by atoms with Gasteiger partial charge in [0.2, 0.25) is 23.6 Å². The summed E-state index contributed by atoms with van der Waals surface area (Å²) in [4.78, 5) is 58.5. The molecular formula is C19H33N5O10. The highest BCUT2D eigenvalue weighted by molar-refractivity contribution is 5.92. The van der Waals surface area contributed by atoms with Crippen molar-refractivity contribution in [2.75, 3.05) is 6.54 Å². The molecule has 1 aliphatic heterocycles. The van der Waals surface area contributed by atoms with Crippen LogP contribution >= 0.6 is 0 Å². The van der Waals surface area contributed by atoms with Crippen LogP contribution in [0.5, 0.6) is 0 Å². The van der Waals surface area contributed by atoms with Crippen LogP contribution in [-0.4, -0.2) is 100 Å². The number of ether oxygens (including phenoxy) is 2. The van der Waals surface area contributed by atoms with Crippen LogP contribution in [0, 0.1) is 0 Å². The minimum absolute atomic E-state index is 0.175. The number of carbonyl (C=O) groups excluding carboxylic acids is 4. The Morgan fingerprint density at radius 1 is 1.09 bits per heavy atom. The van der Waals surface area contributed by atoms with Crippen LogP contribution < -0.4 is 27.4 Å². The zero-order valence-corrected chi connectivity index (χ0v) is 19.1. The van der Waals surface area contributed by atoms with E-state index in [1.165, 1.54) is 20.8 Å². The fourth-order valence-corrected chi connectivity index (χ4v) is 3.22. The van der Waals surface area contributed by atoms with Crippen LogP contribution in [0.1, 0.15) is 33.6 Å². The van der Waals surface area contributed by atoms with E-state index in [-0.39, 0.29) is 13.0 Å². The normalized spacial score (nSPS) is 27.1. The third-order valence-corrected chi connectivity index (χ3v) is 5.08. The Balaban J connectivity index is 2.80. The highest BCUT2D eigenvalue weighted by Crippen LogP contribution is 2.23. The van der Waals surface area contributed by atoms with E-state index in [1.54, 1.807) is 0 Å². The number of nitrogens with two attached hydrogens (primary N) is 2. The molecule has 0 aromatic carbocycles. The zero-order chi connectivity index (χ0) is 26.2. The predicted octanol–water partition coefficient (Wildman–Crippen LogP) is -4.36. The van der Waals surface area contributed by atoms with Crippen LogP contribution in [0.15, 0.2) is 0 Å². The molecule has 34 heavy (non-hydrogen) atoms. The number of amides is 4. The first-order valence-corrected chi connectivity index (χ1v) is 10.5. The number of rotatable bonds is 12. The zero-order valence-electron chi connectivity index (χ0n) is 19.1. The van der Waals surface area contributed by atoms with Crippen LogP contribution in [0.4, 0.5) is 0 Å². The van der Waals surface area contributed by atoms with E-state index >= 15 is 0 Å². The van der Waals surface area contributed by atoms with Crippen LogP contribution in [0.3, 0.4) is 0 Å². The second-order valence-corrected chi connectivity index (χ2v) is 7.89. The van der Waals surface area contributed by atoms with Crippen molar-refractivity contribution >= 4 is 29.6 Å². The summed E-state index contributed by atoms with van der Waals surface area (Å²) in [6, 6.07) is -3.63. The molecule has 15 nitrogen and oxygen atoms in total. The molecule has 0 bridgehead atoms. The van der Waals surface area contributed by atoms with Crippen molar-refractivity contribution in [1.29, 1.82) is 0 Å². The molecule has 8 atom stereocenters. The van der Waals surface area contributed by atoms with E-state index in [9.17, 15) is 34.2 Å². The van der Waals surface area contributed by atoms with E-state index in [2.05, 4.69) is 16.0 Å². The van der Waals surface area contributed by atoms with Gasteiger partial charge in [-0.1, -0.05) is 0 Å². The van der Waals surface area contributed by atoms with Gasteiger partial charge in [0.05, 0.1) is 0 Å². The standard InChI is InChI=1S/C19H33N5O10/c1-7(17(30)24-10(16(21)29)4-5-12(26)27)22-18(31)8(2)33-15-13(23-9(3)25)19(32)34-11(6-20)14(15)28/h7-8,10-11,13-15,19,28,32H,4-6,20H2,1-3H3,(H2,21,29)(H,22,31)(H,23,25)(H,24,30)(H,26,27)/t7-,8+,10+,11?,13?,14?,15?,19+/m0/s1. The molecule has 0 saturated carbocycles. The molecule has 0 radical (unpaired) electrons. The molecule has 1 fully saturated rings. The third-order valence-electron chi connectivity index (χ3n) is 5.08.